The summed E-state index contributed by atoms with van der Waals surface area (Å²) in [5, 5.41) is 4.03. The van der Waals surface area contributed by atoms with Gasteiger partial charge in [0.15, 0.2) is 11.5 Å². The van der Waals surface area contributed by atoms with Crippen LogP contribution in [0.4, 0.5) is 0 Å². The van der Waals surface area contributed by atoms with Crippen LogP contribution in [0.15, 0.2) is 30.5 Å². The Morgan fingerprint density at radius 3 is 2.47 bits per heavy atom. The molecule has 0 radical (unpaired) electrons. The zero-order valence-electron chi connectivity index (χ0n) is 10.0. The second kappa shape index (κ2) is 4.78. The number of aryl methyl sites for hydroxylation is 1. The molecule has 1 heterocycles. The smallest absolute Gasteiger partial charge is 0.217 e. The topological polar surface area (TPSA) is 45.5 Å². The number of methoxy groups -OCH3 is 2. The van der Waals surface area contributed by atoms with E-state index in [0.717, 1.165) is 5.75 Å². The number of hydrogen-bond donors (Lipinski definition) is 0. The molecule has 0 fully saturated rings. The van der Waals surface area contributed by atoms with E-state index in [-0.39, 0.29) is 0 Å². The Bertz CT molecular complexity index is 508. The highest BCUT2D eigenvalue weighted by molar-refractivity contribution is 5.46. The Morgan fingerprint density at radius 1 is 1.06 bits per heavy atom. The summed E-state index contributed by atoms with van der Waals surface area (Å²) in [6, 6.07) is 7.16. The van der Waals surface area contributed by atoms with Crippen LogP contribution in [0.1, 0.15) is 0 Å². The molecule has 0 unspecified atom stereocenters. The SMILES string of the molecule is COc1ccc(Oc2ccnn2C)c(OC)c1. The Balaban J connectivity index is 2.29. The van der Waals surface area contributed by atoms with Crippen molar-refractivity contribution in [2.75, 3.05) is 14.2 Å². The van der Waals surface area contributed by atoms with E-state index in [0.29, 0.717) is 17.4 Å². The van der Waals surface area contributed by atoms with E-state index in [9.17, 15) is 0 Å². The Morgan fingerprint density at radius 2 is 1.88 bits per heavy atom. The van der Waals surface area contributed by atoms with Gasteiger partial charge in [0.25, 0.3) is 0 Å². The third-order valence-electron chi connectivity index (χ3n) is 2.36. The van der Waals surface area contributed by atoms with Gasteiger partial charge in [0, 0.05) is 19.2 Å². The van der Waals surface area contributed by atoms with Crippen molar-refractivity contribution in [1.82, 2.24) is 9.78 Å². The van der Waals surface area contributed by atoms with Crippen LogP contribution in [-0.2, 0) is 7.05 Å². The van der Waals surface area contributed by atoms with Crippen LogP contribution >= 0.6 is 0 Å². The Kier molecular flexibility index (Phi) is 3.18. The zero-order valence-corrected chi connectivity index (χ0v) is 10.0. The summed E-state index contributed by atoms with van der Waals surface area (Å²) < 4.78 is 17.7. The largest absolute Gasteiger partial charge is 0.497 e. The predicted molar refractivity (Wildman–Crippen MR) is 62.8 cm³/mol. The lowest BCUT2D eigenvalue weighted by Crippen LogP contribution is -1.97. The minimum absolute atomic E-state index is 0.616. The average Bonchev–Trinajstić information content (AvgIpc) is 2.75. The van der Waals surface area contributed by atoms with Gasteiger partial charge in [-0.2, -0.15) is 5.10 Å². The maximum atomic E-state index is 5.69. The second-order valence-electron chi connectivity index (χ2n) is 3.41. The molecule has 0 N–H and O–H groups in total. The summed E-state index contributed by atoms with van der Waals surface area (Å²) in [5.74, 6) is 2.61. The molecule has 0 bridgehead atoms. The van der Waals surface area contributed by atoms with Crippen molar-refractivity contribution < 1.29 is 14.2 Å². The van der Waals surface area contributed by atoms with E-state index >= 15 is 0 Å². The van der Waals surface area contributed by atoms with Crippen molar-refractivity contribution in [3.63, 3.8) is 0 Å². The van der Waals surface area contributed by atoms with Crippen LogP contribution < -0.4 is 14.2 Å². The van der Waals surface area contributed by atoms with Crippen molar-refractivity contribution in [2.24, 2.45) is 7.05 Å². The van der Waals surface area contributed by atoms with Gasteiger partial charge < -0.3 is 14.2 Å². The fraction of sp³-hybridized carbons (Fsp3) is 0.250. The number of hydrogen-bond acceptors (Lipinski definition) is 4. The van der Waals surface area contributed by atoms with Gasteiger partial charge in [0.1, 0.15) is 5.75 Å². The van der Waals surface area contributed by atoms with Gasteiger partial charge in [-0.25, -0.2) is 4.68 Å². The predicted octanol–water partition coefficient (Wildman–Crippen LogP) is 2.23. The maximum absolute atomic E-state index is 5.69. The van der Waals surface area contributed by atoms with Gasteiger partial charge in [-0.15, -0.1) is 0 Å². The standard InChI is InChI=1S/C12H14N2O3/c1-14-12(6-7-13-14)17-10-5-4-9(15-2)8-11(10)16-3/h4-8H,1-3H3. The average molecular weight is 234 g/mol. The first kappa shape index (κ1) is 11.3. The van der Waals surface area contributed by atoms with E-state index in [4.69, 9.17) is 14.2 Å². The second-order valence-corrected chi connectivity index (χ2v) is 3.41. The molecule has 5 nitrogen and oxygen atoms in total. The zero-order chi connectivity index (χ0) is 12.3. The summed E-state index contributed by atoms with van der Waals surface area (Å²) in [6.45, 7) is 0. The quantitative estimate of drug-likeness (QED) is 0.813. The maximum Gasteiger partial charge on any atom is 0.217 e. The molecule has 0 aliphatic rings. The highest BCUT2D eigenvalue weighted by Gasteiger charge is 2.09. The normalized spacial score (nSPS) is 10.1. The molecule has 0 saturated heterocycles. The molecule has 5 heteroatoms. The molecular formula is C12H14N2O3. The molecule has 0 spiro atoms. The van der Waals surface area contributed by atoms with Crippen LogP contribution in [0.3, 0.4) is 0 Å². The lowest BCUT2D eigenvalue weighted by molar-refractivity contribution is 0.358. The van der Waals surface area contributed by atoms with E-state index in [1.165, 1.54) is 0 Å². The van der Waals surface area contributed by atoms with Gasteiger partial charge in [0.05, 0.1) is 20.4 Å². The molecule has 0 aliphatic heterocycles. The van der Waals surface area contributed by atoms with Crippen molar-refractivity contribution in [3.05, 3.63) is 30.5 Å². The number of aromatic nitrogens is 2. The molecule has 1 aromatic carbocycles. The molecule has 0 atom stereocenters. The molecule has 1 aromatic heterocycles. The lowest BCUT2D eigenvalue weighted by Gasteiger charge is -2.11. The van der Waals surface area contributed by atoms with Crippen LogP contribution in [0, 0.1) is 0 Å². The van der Waals surface area contributed by atoms with Gasteiger partial charge in [-0.3, -0.25) is 0 Å². The fourth-order valence-corrected chi connectivity index (χ4v) is 1.43. The van der Waals surface area contributed by atoms with Crippen LogP contribution in [-0.4, -0.2) is 24.0 Å². The summed E-state index contributed by atoms with van der Waals surface area (Å²) in [5.41, 5.74) is 0. The molecule has 0 saturated carbocycles. The van der Waals surface area contributed by atoms with E-state index < -0.39 is 0 Å². The van der Waals surface area contributed by atoms with E-state index in [2.05, 4.69) is 5.10 Å². The third-order valence-corrected chi connectivity index (χ3v) is 2.36. The summed E-state index contributed by atoms with van der Waals surface area (Å²) in [6.07, 6.45) is 1.67. The van der Waals surface area contributed by atoms with Gasteiger partial charge in [-0.1, -0.05) is 0 Å². The van der Waals surface area contributed by atoms with Crippen molar-refractivity contribution in [2.45, 2.75) is 0 Å². The molecular weight excluding hydrogens is 220 g/mol. The minimum atomic E-state index is 0.616. The number of rotatable bonds is 4. The minimum Gasteiger partial charge on any atom is -0.497 e. The third kappa shape index (κ3) is 2.33. The first-order valence-electron chi connectivity index (χ1n) is 5.12. The number of ether oxygens (including phenoxy) is 3. The van der Waals surface area contributed by atoms with Crippen molar-refractivity contribution >= 4 is 0 Å². The molecule has 2 rings (SSSR count). The van der Waals surface area contributed by atoms with Gasteiger partial charge >= 0.3 is 0 Å². The molecule has 0 amide bonds. The number of nitrogens with zero attached hydrogens (tertiary/aromatic N) is 2. The monoisotopic (exact) mass is 234 g/mol. The summed E-state index contributed by atoms with van der Waals surface area (Å²) in [4.78, 5) is 0. The molecule has 0 aliphatic carbocycles. The first-order valence-corrected chi connectivity index (χ1v) is 5.12. The Labute approximate surface area is 99.5 Å². The van der Waals surface area contributed by atoms with Crippen LogP contribution in [0.2, 0.25) is 0 Å². The summed E-state index contributed by atoms with van der Waals surface area (Å²) >= 11 is 0. The summed E-state index contributed by atoms with van der Waals surface area (Å²) in [7, 11) is 5.01. The fourth-order valence-electron chi connectivity index (χ4n) is 1.43. The first-order chi connectivity index (χ1) is 8.24. The molecule has 2 aromatic rings. The van der Waals surface area contributed by atoms with Crippen LogP contribution in [0.25, 0.3) is 0 Å². The van der Waals surface area contributed by atoms with E-state index in [1.807, 2.05) is 13.1 Å². The van der Waals surface area contributed by atoms with Gasteiger partial charge in [-0.05, 0) is 12.1 Å². The highest BCUT2D eigenvalue weighted by Crippen LogP contribution is 2.34. The molecule has 90 valence electrons. The van der Waals surface area contributed by atoms with Gasteiger partial charge in [0.2, 0.25) is 5.88 Å². The Hall–Kier alpha value is -2.17. The molecule has 17 heavy (non-hydrogen) atoms. The van der Waals surface area contributed by atoms with E-state index in [1.54, 1.807) is 43.3 Å². The van der Waals surface area contributed by atoms with Crippen molar-refractivity contribution in [1.29, 1.82) is 0 Å². The van der Waals surface area contributed by atoms with Crippen molar-refractivity contribution in [3.8, 4) is 23.1 Å². The van der Waals surface area contributed by atoms with Crippen LogP contribution in [0.5, 0.6) is 23.1 Å². The lowest BCUT2D eigenvalue weighted by atomic mass is 10.3. The highest BCUT2D eigenvalue weighted by atomic mass is 16.5. The number of benzene rings is 1.